The molecule has 5 heteroatoms. The summed E-state index contributed by atoms with van der Waals surface area (Å²) in [4.78, 5) is 4.41. The third-order valence-electron chi connectivity index (χ3n) is 2.84. The predicted molar refractivity (Wildman–Crippen MR) is 93.7 cm³/mol. The molecule has 0 bridgehead atoms. The molecule has 0 aliphatic heterocycles. The molecule has 102 valence electrons. The van der Waals surface area contributed by atoms with Crippen molar-refractivity contribution in [3.8, 4) is 0 Å². The van der Waals surface area contributed by atoms with Crippen LogP contribution in [0.2, 0.25) is 0 Å². The first kappa shape index (κ1) is 15.4. The number of hydrogen-bond donors (Lipinski definition) is 1. The van der Waals surface area contributed by atoms with E-state index in [4.69, 9.17) is 0 Å². The number of nitrogens with one attached hydrogen (secondary N) is 1. The second kappa shape index (κ2) is 7.71. The van der Waals surface area contributed by atoms with Gasteiger partial charge in [-0.25, -0.2) is 4.98 Å². The van der Waals surface area contributed by atoms with Crippen molar-refractivity contribution in [2.75, 3.05) is 6.54 Å². The first-order chi connectivity index (χ1) is 9.20. The highest BCUT2D eigenvalue weighted by Crippen LogP contribution is 2.27. The summed E-state index contributed by atoms with van der Waals surface area (Å²) in [5, 5.41) is 6.86. The Morgan fingerprint density at radius 1 is 1.47 bits per heavy atom. The lowest BCUT2D eigenvalue weighted by Gasteiger charge is -2.19. The SMILES string of the molecule is CCCNC(Cc1nccs1)c1cc(Br)ccc1I. The molecule has 0 radical (unpaired) electrons. The second-order valence-corrected chi connectivity index (χ2v) is 7.36. The molecule has 0 spiro atoms. The van der Waals surface area contributed by atoms with Crippen molar-refractivity contribution in [2.24, 2.45) is 0 Å². The number of hydrogen-bond acceptors (Lipinski definition) is 3. The van der Waals surface area contributed by atoms with Crippen LogP contribution in [-0.2, 0) is 6.42 Å². The van der Waals surface area contributed by atoms with Gasteiger partial charge >= 0.3 is 0 Å². The van der Waals surface area contributed by atoms with E-state index in [1.54, 1.807) is 11.3 Å². The van der Waals surface area contributed by atoms with Crippen LogP contribution < -0.4 is 5.32 Å². The van der Waals surface area contributed by atoms with Crippen molar-refractivity contribution in [2.45, 2.75) is 25.8 Å². The van der Waals surface area contributed by atoms with Crippen LogP contribution in [0.5, 0.6) is 0 Å². The van der Waals surface area contributed by atoms with Crippen LogP contribution in [-0.4, -0.2) is 11.5 Å². The van der Waals surface area contributed by atoms with E-state index in [9.17, 15) is 0 Å². The van der Waals surface area contributed by atoms with Gasteiger partial charge in [0.1, 0.15) is 0 Å². The Morgan fingerprint density at radius 3 is 3.00 bits per heavy atom. The molecule has 0 fully saturated rings. The molecule has 1 heterocycles. The fourth-order valence-electron chi connectivity index (χ4n) is 1.92. The zero-order valence-corrected chi connectivity index (χ0v) is 15.3. The molecule has 2 rings (SSSR count). The summed E-state index contributed by atoms with van der Waals surface area (Å²) in [6.45, 7) is 3.22. The van der Waals surface area contributed by atoms with Gasteiger partial charge in [0.2, 0.25) is 0 Å². The summed E-state index contributed by atoms with van der Waals surface area (Å²) >= 11 is 7.70. The minimum atomic E-state index is 0.329. The average molecular weight is 451 g/mol. The van der Waals surface area contributed by atoms with Crippen molar-refractivity contribution in [1.82, 2.24) is 10.3 Å². The van der Waals surface area contributed by atoms with E-state index in [1.165, 1.54) is 14.1 Å². The maximum Gasteiger partial charge on any atom is 0.0943 e. The number of thiazole rings is 1. The molecular formula is C14H16BrIN2S. The highest BCUT2D eigenvalue weighted by atomic mass is 127. The van der Waals surface area contributed by atoms with Crippen LogP contribution in [0.1, 0.15) is 30.0 Å². The van der Waals surface area contributed by atoms with Gasteiger partial charge in [-0.2, -0.15) is 0 Å². The molecule has 0 aliphatic carbocycles. The lowest BCUT2D eigenvalue weighted by Crippen LogP contribution is -2.24. The van der Waals surface area contributed by atoms with E-state index in [1.807, 2.05) is 11.6 Å². The van der Waals surface area contributed by atoms with Gasteiger partial charge in [-0.15, -0.1) is 11.3 Å². The predicted octanol–water partition coefficient (Wildman–Crippen LogP) is 4.79. The maximum absolute atomic E-state index is 4.41. The van der Waals surface area contributed by atoms with Crippen molar-refractivity contribution < 1.29 is 0 Å². The third-order valence-corrected chi connectivity index (χ3v) is 5.11. The quantitative estimate of drug-likeness (QED) is 0.639. The zero-order chi connectivity index (χ0) is 13.7. The van der Waals surface area contributed by atoms with Crippen LogP contribution >= 0.6 is 49.9 Å². The minimum absolute atomic E-state index is 0.329. The Bertz CT molecular complexity index is 516. The average Bonchev–Trinajstić information content (AvgIpc) is 2.90. The van der Waals surface area contributed by atoms with Gasteiger partial charge in [-0.3, -0.25) is 0 Å². The zero-order valence-electron chi connectivity index (χ0n) is 10.7. The van der Waals surface area contributed by atoms with Crippen molar-refractivity contribution in [1.29, 1.82) is 0 Å². The normalized spacial score (nSPS) is 12.6. The van der Waals surface area contributed by atoms with Gasteiger partial charge < -0.3 is 5.32 Å². The van der Waals surface area contributed by atoms with Gasteiger partial charge in [0.05, 0.1) is 5.01 Å². The molecule has 1 aromatic carbocycles. The number of aromatic nitrogens is 1. The Balaban J connectivity index is 2.23. The third kappa shape index (κ3) is 4.51. The lowest BCUT2D eigenvalue weighted by molar-refractivity contribution is 0.526. The van der Waals surface area contributed by atoms with E-state index in [2.05, 4.69) is 73.9 Å². The number of rotatable bonds is 6. The van der Waals surface area contributed by atoms with E-state index >= 15 is 0 Å². The first-order valence-electron chi connectivity index (χ1n) is 6.27. The van der Waals surface area contributed by atoms with Gasteiger partial charge in [-0.05, 0) is 59.3 Å². The molecule has 0 saturated heterocycles. The summed E-state index contributed by atoms with van der Waals surface area (Å²) < 4.78 is 2.43. The van der Waals surface area contributed by atoms with E-state index < -0.39 is 0 Å². The molecule has 2 nitrogen and oxygen atoms in total. The molecule has 19 heavy (non-hydrogen) atoms. The Hall–Kier alpha value is 0.0200. The fraction of sp³-hybridized carbons (Fsp3) is 0.357. The summed E-state index contributed by atoms with van der Waals surface area (Å²) in [6, 6.07) is 6.78. The first-order valence-corrected chi connectivity index (χ1v) is 9.02. The number of nitrogens with zero attached hydrogens (tertiary/aromatic N) is 1. The molecule has 1 N–H and O–H groups in total. The molecule has 2 aromatic rings. The molecular weight excluding hydrogens is 435 g/mol. The van der Waals surface area contributed by atoms with Crippen LogP contribution in [0.4, 0.5) is 0 Å². The highest BCUT2D eigenvalue weighted by Gasteiger charge is 2.16. The molecule has 0 amide bonds. The number of halogens is 2. The van der Waals surface area contributed by atoms with Crippen molar-refractivity contribution >= 4 is 49.9 Å². The largest absolute Gasteiger partial charge is 0.310 e. The Morgan fingerprint density at radius 2 is 2.32 bits per heavy atom. The Kier molecular flexibility index (Phi) is 6.25. The standard InChI is InChI=1S/C14H16BrIN2S/c1-2-5-17-13(9-14-18-6-7-19-14)11-8-10(15)3-4-12(11)16/h3-4,6-8,13,17H,2,5,9H2,1H3. The summed E-state index contributed by atoms with van der Waals surface area (Å²) in [5.74, 6) is 0. The Labute approximate surface area is 140 Å². The summed E-state index contributed by atoms with van der Waals surface area (Å²) in [6.07, 6.45) is 3.96. The second-order valence-electron chi connectivity index (χ2n) is 4.30. The maximum atomic E-state index is 4.41. The lowest BCUT2D eigenvalue weighted by atomic mass is 10.0. The van der Waals surface area contributed by atoms with Crippen LogP contribution in [0.3, 0.4) is 0 Å². The van der Waals surface area contributed by atoms with Crippen LogP contribution in [0.25, 0.3) is 0 Å². The molecule has 1 aromatic heterocycles. The highest BCUT2D eigenvalue weighted by molar-refractivity contribution is 14.1. The van der Waals surface area contributed by atoms with E-state index in [0.717, 1.165) is 23.9 Å². The number of benzene rings is 1. The van der Waals surface area contributed by atoms with Gasteiger partial charge in [0, 0.05) is 32.1 Å². The van der Waals surface area contributed by atoms with Crippen molar-refractivity contribution in [3.05, 3.63) is 48.4 Å². The summed E-state index contributed by atoms with van der Waals surface area (Å²) in [5.41, 5.74) is 1.35. The van der Waals surface area contributed by atoms with Crippen LogP contribution in [0.15, 0.2) is 34.2 Å². The molecule has 1 unspecified atom stereocenters. The summed E-state index contributed by atoms with van der Waals surface area (Å²) in [7, 11) is 0. The monoisotopic (exact) mass is 450 g/mol. The van der Waals surface area contributed by atoms with Gasteiger partial charge in [0.25, 0.3) is 0 Å². The topological polar surface area (TPSA) is 24.9 Å². The molecule has 0 aliphatic rings. The minimum Gasteiger partial charge on any atom is -0.310 e. The van der Waals surface area contributed by atoms with E-state index in [0.29, 0.717) is 6.04 Å². The van der Waals surface area contributed by atoms with E-state index in [-0.39, 0.29) is 0 Å². The fourth-order valence-corrected chi connectivity index (χ4v) is 3.67. The van der Waals surface area contributed by atoms with Crippen LogP contribution in [0, 0.1) is 3.57 Å². The van der Waals surface area contributed by atoms with Gasteiger partial charge in [-0.1, -0.05) is 22.9 Å². The van der Waals surface area contributed by atoms with Crippen molar-refractivity contribution in [3.63, 3.8) is 0 Å². The molecule has 0 saturated carbocycles. The molecule has 1 atom stereocenters. The van der Waals surface area contributed by atoms with Gasteiger partial charge in [0.15, 0.2) is 0 Å². The smallest absolute Gasteiger partial charge is 0.0943 e.